The lowest BCUT2D eigenvalue weighted by atomic mass is 10.1. The van der Waals surface area contributed by atoms with Crippen molar-refractivity contribution in [2.45, 2.75) is 13.5 Å². The fraction of sp³-hybridized carbons (Fsp3) is 0.100. The third-order valence-electron chi connectivity index (χ3n) is 4.18. The number of hydrogen-bond acceptors (Lipinski definition) is 2. The van der Waals surface area contributed by atoms with Gasteiger partial charge in [-0.25, -0.2) is 4.98 Å². The predicted molar refractivity (Wildman–Crippen MR) is 101 cm³/mol. The molecule has 4 aromatic rings. The maximum atomic E-state index is 12.5. The average Bonchev–Trinajstić information content (AvgIpc) is 3.04. The van der Waals surface area contributed by atoms with Crippen molar-refractivity contribution in [1.82, 2.24) is 15.3 Å². The van der Waals surface area contributed by atoms with Crippen molar-refractivity contribution in [3.63, 3.8) is 0 Å². The highest BCUT2D eigenvalue weighted by Crippen LogP contribution is 2.24. The molecule has 2 heterocycles. The number of carbonyl (C=O) groups excluding carboxylic acids is 1. The highest BCUT2D eigenvalue weighted by molar-refractivity contribution is 6.30. The van der Waals surface area contributed by atoms with Gasteiger partial charge in [0.25, 0.3) is 5.91 Å². The van der Waals surface area contributed by atoms with Crippen LogP contribution < -0.4 is 5.32 Å². The third-order valence-corrected chi connectivity index (χ3v) is 4.41. The number of aromatic nitrogens is 2. The van der Waals surface area contributed by atoms with Gasteiger partial charge in [-0.15, -0.1) is 0 Å². The van der Waals surface area contributed by atoms with E-state index in [1.54, 1.807) is 0 Å². The van der Waals surface area contributed by atoms with Crippen molar-refractivity contribution in [3.05, 3.63) is 76.6 Å². The number of halogens is 1. The maximum absolute atomic E-state index is 12.5. The first-order valence-electron chi connectivity index (χ1n) is 8.02. The van der Waals surface area contributed by atoms with Gasteiger partial charge >= 0.3 is 0 Å². The van der Waals surface area contributed by atoms with Gasteiger partial charge in [-0.2, -0.15) is 0 Å². The molecular formula is C20H16ClN3O. The molecule has 2 aromatic carbocycles. The highest BCUT2D eigenvalue weighted by Gasteiger charge is 2.13. The summed E-state index contributed by atoms with van der Waals surface area (Å²) in [5.74, 6) is -0.197. The molecule has 0 aliphatic heterocycles. The first-order chi connectivity index (χ1) is 12.1. The van der Waals surface area contributed by atoms with Gasteiger partial charge < -0.3 is 10.3 Å². The Bertz CT molecular complexity index is 1100. The Balaban J connectivity index is 1.63. The summed E-state index contributed by atoms with van der Waals surface area (Å²) < 4.78 is 0. The Morgan fingerprint density at radius 2 is 1.92 bits per heavy atom. The second-order valence-corrected chi connectivity index (χ2v) is 6.50. The molecular weight excluding hydrogens is 334 g/mol. The summed E-state index contributed by atoms with van der Waals surface area (Å²) in [4.78, 5) is 20.3. The van der Waals surface area contributed by atoms with Crippen LogP contribution in [-0.2, 0) is 6.54 Å². The summed E-state index contributed by atoms with van der Waals surface area (Å²) in [6.45, 7) is 2.41. The Morgan fingerprint density at radius 1 is 1.12 bits per heavy atom. The number of H-pyrrole nitrogens is 1. The molecule has 0 atom stereocenters. The van der Waals surface area contributed by atoms with Gasteiger partial charge in [0.1, 0.15) is 5.69 Å². The van der Waals surface area contributed by atoms with Crippen LogP contribution >= 0.6 is 11.6 Å². The minimum absolute atomic E-state index is 0.197. The van der Waals surface area contributed by atoms with E-state index in [4.69, 9.17) is 11.6 Å². The van der Waals surface area contributed by atoms with Gasteiger partial charge in [-0.1, -0.05) is 41.9 Å². The molecule has 0 spiro atoms. The molecule has 2 aromatic heterocycles. The summed E-state index contributed by atoms with van der Waals surface area (Å²) in [6.07, 6.45) is 0. The molecule has 1 amide bonds. The fourth-order valence-corrected chi connectivity index (χ4v) is 3.13. The topological polar surface area (TPSA) is 57.8 Å². The Hall–Kier alpha value is -2.85. The minimum Gasteiger partial charge on any atom is -0.357 e. The summed E-state index contributed by atoms with van der Waals surface area (Å²) in [5, 5.41) is 5.56. The van der Waals surface area contributed by atoms with E-state index in [0.29, 0.717) is 17.3 Å². The van der Waals surface area contributed by atoms with Crippen LogP contribution in [0, 0.1) is 6.92 Å². The monoisotopic (exact) mass is 349 g/mol. The third kappa shape index (κ3) is 3.08. The molecule has 0 aliphatic rings. The highest BCUT2D eigenvalue weighted by atomic mass is 35.5. The number of amides is 1. The van der Waals surface area contributed by atoms with Crippen LogP contribution in [0.2, 0.25) is 5.02 Å². The zero-order valence-electron chi connectivity index (χ0n) is 13.6. The van der Waals surface area contributed by atoms with E-state index in [-0.39, 0.29) is 5.91 Å². The van der Waals surface area contributed by atoms with E-state index in [1.165, 1.54) is 0 Å². The van der Waals surface area contributed by atoms with Crippen LogP contribution in [0.15, 0.2) is 54.6 Å². The van der Waals surface area contributed by atoms with Crippen LogP contribution in [0.4, 0.5) is 0 Å². The number of nitrogens with one attached hydrogen (secondary N) is 2. The van der Waals surface area contributed by atoms with E-state index >= 15 is 0 Å². The Labute approximate surface area is 149 Å². The van der Waals surface area contributed by atoms with Gasteiger partial charge in [0.05, 0.1) is 11.0 Å². The van der Waals surface area contributed by atoms with Crippen molar-refractivity contribution in [1.29, 1.82) is 0 Å². The van der Waals surface area contributed by atoms with Crippen molar-refractivity contribution < 1.29 is 4.79 Å². The lowest BCUT2D eigenvalue weighted by Gasteiger charge is -2.04. The van der Waals surface area contributed by atoms with Gasteiger partial charge in [-0.05, 0) is 36.8 Å². The summed E-state index contributed by atoms with van der Waals surface area (Å²) in [6, 6.07) is 17.3. The van der Waals surface area contributed by atoms with E-state index in [0.717, 1.165) is 33.1 Å². The summed E-state index contributed by atoms with van der Waals surface area (Å²) >= 11 is 5.97. The number of benzene rings is 2. The molecule has 25 heavy (non-hydrogen) atoms. The van der Waals surface area contributed by atoms with Gasteiger partial charge in [0.15, 0.2) is 0 Å². The lowest BCUT2D eigenvalue weighted by molar-refractivity contribution is 0.0947. The van der Waals surface area contributed by atoms with E-state index in [9.17, 15) is 4.79 Å². The van der Waals surface area contributed by atoms with Crippen molar-refractivity contribution in [2.75, 3.05) is 0 Å². The predicted octanol–water partition coefficient (Wildman–Crippen LogP) is 4.61. The molecule has 0 bridgehead atoms. The Morgan fingerprint density at radius 3 is 2.76 bits per heavy atom. The summed E-state index contributed by atoms with van der Waals surface area (Å²) in [5.41, 5.74) is 4.18. The van der Waals surface area contributed by atoms with Crippen LogP contribution in [-0.4, -0.2) is 15.9 Å². The van der Waals surface area contributed by atoms with E-state index < -0.39 is 0 Å². The molecule has 0 saturated carbocycles. The van der Waals surface area contributed by atoms with E-state index in [2.05, 4.69) is 15.3 Å². The van der Waals surface area contributed by atoms with Crippen LogP contribution in [0.3, 0.4) is 0 Å². The molecule has 2 N–H and O–H groups in total. The first kappa shape index (κ1) is 15.7. The zero-order chi connectivity index (χ0) is 17.4. The number of nitrogens with zero attached hydrogens (tertiary/aromatic N) is 1. The maximum Gasteiger partial charge on any atom is 0.270 e. The smallest absolute Gasteiger partial charge is 0.270 e. The van der Waals surface area contributed by atoms with E-state index in [1.807, 2.05) is 61.5 Å². The van der Waals surface area contributed by atoms with Crippen LogP contribution in [0.5, 0.6) is 0 Å². The summed E-state index contributed by atoms with van der Waals surface area (Å²) in [7, 11) is 0. The number of rotatable bonds is 3. The number of aryl methyl sites for hydroxylation is 1. The van der Waals surface area contributed by atoms with Crippen molar-refractivity contribution >= 4 is 39.3 Å². The molecule has 5 heteroatoms. The van der Waals surface area contributed by atoms with Gasteiger partial charge in [0.2, 0.25) is 0 Å². The van der Waals surface area contributed by atoms with Gasteiger partial charge in [-0.3, -0.25) is 4.79 Å². The van der Waals surface area contributed by atoms with Gasteiger partial charge in [0, 0.05) is 28.0 Å². The molecule has 0 fully saturated rings. The molecule has 0 saturated heterocycles. The number of hydrogen-bond donors (Lipinski definition) is 2. The minimum atomic E-state index is -0.197. The largest absolute Gasteiger partial charge is 0.357 e. The van der Waals surface area contributed by atoms with Crippen molar-refractivity contribution in [3.8, 4) is 0 Å². The number of pyridine rings is 1. The quantitative estimate of drug-likeness (QED) is 0.567. The second kappa shape index (κ2) is 6.22. The Kier molecular flexibility index (Phi) is 3.90. The number of aromatic amines is 1. The molecule has 4 nitrogen and oxygen atoms in total. The normalized spacial score (nSPS) is 11.1. The zero-order valence-corrected chi connectivity index (χ0v) is 14.4. The van der Waals surface area contributed by atoms with Crippen molar-refractivity contribution in [2.24, 2.45) is 0 Å². The SMILES string of the molecule is Cc1ccc2ccc3cc(C(=O)NCc4cccc(Cl)c4)nc3c2[nH]1. The second-order valence-electron chi connectivity index (χ2n) is 6.06. The fourth-order valence-electron chi connectivity index (χ4n) is 2.92. The lowest BCUT2D eigenvalue weighted by Crippen LogP contribution is -2.23. The number of carbonyl (C=O) groups is 1. The molecule has 0 unspecified atom stereocenters. The average molecular weight is 350 g/mol. The van der Waals surface area contributed by atoms with Crippen LogP contribution in [0.25, 0.3) is 21.8 Å². The number of fused-ring (bicyclic) bond motifs is 3. The standard InChI is InChI=1S/C20H16ClN3O/c1-12-5-6-14-7-8-15-10-17(24-19(15)18(14)23-12)20(25)22-11-13-3-2-4-16(21)9-13/h2-10,23H,11H2,1H3,(H,22,25). The molecule has 4 rings (SSSR count). The first-order valence-corrected chi connectivity index (χ1v) is 8.40. The molecule has 0 radical (unpaired) electrons. The van der Waals surface area contributed by atoms with Crippen LogP contribution in [0.1, 0.15) is 21.7 Å². The molecule has 124 valence electrons. The molecule has 0 aliphatic carbocycles.